The molecule has 1 saturated carbocycles. The molecule has 128 valence electrons. The summed E-state index contributed by atoms with van der Waals surface area (Å²) in [6.45, 7) is 0.557. The van der Waals surface area contributed by atoms with Gasteiger partial charge >= 0.3 is 0 Å². The molecule has 2 aromatic carbocycles. The van der Waals surface area contributed by atoms with Crippen LogP contribution in [0.15, 0.2) is 48.5 Å². The number of hydrogen-bond donors (Lipinski definition) is 2. The highest BCUT2D eigenvalue weighted by atomic mass is 19.1. The number of benzene rings is 2. The number of anilines is 2. The molecule has 1 aliphatic rings. The van der Waals surface area contributed by atoms with Crippen LogP contribution in [0.5, 0.6) is 0 Å². The molecular weight excluding hydrogens is 315 g/mol. The quantitative estimate of drug-likeness (QED) is 0.707. The number of fused-ring (bicyclic) bond motifs is 1. The first-order chi connectivity index (χ1) is 12.3. The first kappa shape index (κ1) is 15.8. The molecule has 1 aliphatic carbocycles. The lowest BCUT2D eigenvalue weighted by Crippen LogP contribution is -2.17. The first-order valence-corrected chi connectivity index (χ1v) is 8.79. The molecule has 0 bridgehead atoms. The summed E-state index contributed by atoms with van der Waals surface area (Å²) in [5.74, 6) is 1.25. The zero-order chi connectivity index (χ0) is 17.1. The Labute approximate surface area is 146 Å². The van der Waals surface area contributed by atoms with Crippen LogP contribution in [0.25, 0.3) is 10.9 Å². The van der Waals surface area contributed by atoms with Crippen molar-refractivity contribution in [3.63, 3.8) is 0 Å². The van der Waals surface area contributed by atoms with E-state index < -0.39 is 0 Å². The van der Waals surface area contributed by atoms with Gasteiger partial charge in [-0.3, -0.25) is 0 Å². The van der Waals surface area contributed by atoms with Crippen molar-refractivity contribution in [2.45, 2.75) is 38.3 Å². The van der Waals surface area contributed by atoms with Crippen LogP contribution in [-0.2, 0) is 6.54 Å². The molecule has 0 atom stereocenters. The van der Waals surface area contributed by atoms with Crippen LogP contribution in [0.3, 0.4) is 0 Å². The first-order valence-electron chi connectivity index (χ1n) is 8.79. The third kappa shape index (κ3) is 3.71. The highest BCUT2D eigenvalue weighted by Gasteiger charge is 2.17. The molecule has 1 heterocycles. The molecule has 1 aromatic heterocycles. The van der Waals surface area contributed by atoms with Crippen LogP contribution in [-0.4, -0.2) is 16.0 Å². The zero-order valence-corrected chi connectivity index (χ0v) is 14.0. The van der Waals surface area contributed by atoms with Crippen molar-refractivity contribution >= 4 is 22.7 Å². The van der Waals surface area contributed by atoms with Crippen molar-refractivity contribution in [3.05, 3.63) is 59.9 Å². The van der Waals surface area contributed by atoms with Gasteiger partial charge in [-0.05, 0) is 42.7 Å². The van der Waals surface area contributed by atoms with E-state index in [-0.39, 0.29) is 5.82 Å². The zero-order valence-electron chi connectivity index (χ0n) is 14.0. The van der Waals surface area contributed by atoms with Gasteiger partial charge in [0.2, 0.25) is 5.95 Å². The van der Waals surface area contributed by atoms with Crippen molar-refractivity contribution in [2.75, 3.05) is 10.6 Å². The summed E-state index contributed by atoms with van der Waals surface area (Å²) in [7, 11) is 0. The highest BCUT2D eigenvalue weighted by molar-refractivity contribution is 5.90. The fraction of sp³-hybridized carbons (Fsp3) is 0.300. The number of hydrogen-bond acceptors (Lipinski definition) is 4. The fourth-order valence-electron chi connectivity index (χ4n) is 3.31. The number of rotatable bonds is 5. The maximum atomic E-state index is 13.0. The van der Waals surface area contributed by atoms with Gasteiger partial charge in [-0.2, -0.15) is 4.98 Å². The average Bonchev–Trinajstić information content (AvgIpc) is 3.14. The molecule has 5 heteroatoms. The van der Waals surface area contributed by atoms with Crippen LogP contribution in [0.2, 0.25) is 0 Å². The van der Waals surface area contributed by atoms with Crippen molar-refractivity contribution in [2.24, 2.45) is 0 Å². The topological polar surface area (TPSA) is 49.8 Å². The molecule has 0 saturated heterocycles. The van der Waals surface area contributed by atoms with E-state index >= 15 is 0 Å². The molecule has 4 rings (SSSR count). The fourth-order valence-corrected chi connectivity index (χ4v) is 3.31. The van der Waals surface area contributed by atoms with Crippen LogP contribution >= 0.6 is 0 Å². The Balaban J connectivity index is 1.58. The number of nitrogens with zero attached hydrogens (tertiary/aromatic N) is 2. The van der Waals surface area contributed by atoms with Crippen molar-refractivity contribution < 1.29 is 4.39 Å². The van der Waals surface area contributed by atoms with Gasteiger partial charge < -0.3 is 10.6 Å². The van der Waals surface area contributed by atoms with E-state index in [9.17, 15) is 4.39 Å². The van der Waals surface area contributed by atoms with Crippen molar-refractivity contribution in [1.29, 1.82) is 0 Å². The number of nitrogens with one attached hydrogen (secondary N) is 2. The smallest absolute Gasteiger partial charge is 0.225 e. The normalized spacial score (nSPS) is 14.8. The predicted octanol–water partition coefficient (Wildman–Crippen LogP) is 4.74. The maximum Gasteiger partial charge on any atom is 0.225 e. The van der Waals surface area contributed by atoms with Crippen LogP contribution in [0.4, 0.5) is 16.2 Å². The van der Waals surface area contributed by atoms with Gasteiger partial charge in [-0.25, -0.2) is 9.37 Å². The number of aromatic nitrogens is 2. The van der Waals surface area contributed by atoms with Gasteiger partial charge in [-0.1, -0.05) is 37.1 Å². The standard InChI is InChI=1S/C20H21FN4/c21-15-11-9-14(10-12-15)13-22-20-24-18-8-4-3-7-17(18)19(25-20)23-16-5-1-2-6-16/h3-4,7-12,16H,1-2,5-6,13H2,(H2,22,23,24,25). The number of para-hydroxylation sites is 1. The van der Waals surface area contributed by atoms with E-state index in [1.165, 1.54) is 37.8 Å². The van der Waals surface area contributed by atoms with Gasteiger partial charge in [0.05, 0.1) is 5.52 Å². The Morgan fingerprint density at radius 3 is 2.52 bits per heavy atom. The van der Waals surface area contributed by atoms with Crippen LogP contribution < -0.4 is 10.6 Å². The highest BCUT2D eigenvalue weighted by Crippen LogP contribution is 2.27. The van der Waals surface area contributed by atoms with Gasteiger partial charge in [0.15, 0.2) is 0 Å². The van der Waals surface area contributed by atoms with Crippen molar-refractivity contribution in [1.82, 2.24) is 9.97 Å². The summed E-state index contributed by atoms with van der Waals surface area (Å²) in [5.41, 5.74) is 1.91. The Hall–Kier alpha value is -2.69. The lowest BCUT2D eigenvalue weighted by molar-refractivity contribution is 0.627. The summed E-state index contributed by atoms with van der Waals surface area (Å²) >= 11 is 0. The second kappa shape index (κ2) is 7.05. The molecule has 4 nitrogen and oxygen atoms in total. The molecule has 0 spiro atoms. The van der Waals surface area contributed by atoms with Crippen molar-refractivity contribution in [3.8, 4) is 0 Å². The molecule has 2 N–H and O–H groups in total. The average molecular weight is 336 g/mol. The molecular formula is C20H21FN4. The van der Waals surface area contributed by atoms with E-state index in [1.807, 2.05) is 18.2 Å². The van der Waals surface area contributed by atoms with E-state index in [0.717, 1.165) is 22.3 Å². The molecule has 0 unspecified atom stereocenters. The minimum Gasteiger partial charge on any atom is -0.367 e. The summed E-state index contributed by atoms with van der Waals surface area (Å²) in [6.07, 6.45) is 4.93. The third-order valence-corrected chi connectivity index (χ3v) is 4.66. The Kier molecular flexibility index (Phi) is 4.46. The maximum absolute atomic E-state index is 13.0. The van der Waals surface area contributed by atoms with Gasteiger partial charge in [0, 0.05) is 18.0 Å². The van der Waals surface area contributed by atoms with E-state index in [0.29, 0.717) is 18.5 Å². The predicted molar refractivity (Wildman–Crippen MR) is 99.1 cm³/mol. The monoisotopic (exact) mass is 336 g/mol. The van der Waals surface area contributed by atoms with Gasteiger partial charge in [0.1, 0.15) is 11.6 Å². The molecule has 0 amide bonds. The Morgan fingerprint density at radius 1 is 0.960 bits per heavy atom. The summed E-state index contributed by atoms with van der Waals surface area (Å²) < 4.78 is 13.0. The lowest BCUT2D eigenvalue weighted by atomic mass is 10.2. The lowest BCUT2D eigenvalue weighted by Gasteiger charge is -2.16. The minimum atomic E-state index is -0.228. The Bertz CT molecular complexity index is 857. The second-order valence-electron chi connectivity index (χ2n) is 6.52. The molecule has 3 aromatic rings. The van der Waals surface area contributed by atoms with E-state index in [4.69, 9.17) is 0 Å². The van der Waals surface area contributed by atoms with Crippen LogP contribution in [0, 0.1) is 5.82 Å². The summed E-state index contributed by atoms with van der Waals surface area (Å²) in [5, 5.41) is 7.89. The molecule has 0 radical (unpaired) electrons. The largest absolute Gasteiger partial charge is 0.367 e. The SMILES string of the molecule is Fc1ccc(CNc2nc(NC3CCCC3)c3ccccc3n2)cc1. The second-order valence-corrected chi connectivity index (χ2v) is 6.52. The van der Waals surface area contributed by atoms with Gasteiger partial charge in [0.25, 0.3) is 0 Å². The molecule has 1 fully saturated rings. The van der Waals surface area contributed by atoms with Crippen LogP contribution in [0.1, 0.15) is 31.2 Å². The van der Waals surface area contributed by atoms with E-state index in [2.05, 4.69) is 26.7 Å². The summed E-state index contributed by atoms with van der Waals surface area (Å²) in [4.78, 5) is 9.30. The summed E-state index contributed by atoms with van der Waals surface area (Å²) in [6, 6.07) is 15.0. The Morgan fingerprint density at radius 2 is 1.72 bits per heavy atom. The molecule has 0 aliphatic heterocycles. The molecule has 25 heavy (non-hydrogen) atoms. The number of halogens is 1. The minimum absolute atomic E-state index is 0.228. The third-order valence-electron chi connectivity index (χ3n) is 4.66. The van der Waals surface area contributed by atoms with Gasteiger partial charge in [-0.15, -0.1) is 0 Å². The van der Waals surface area contributed by atoms with E-state index in [1.54, 1.807) is 12.1 Å².